The molecule has 0 aliphatic carbocycles. The molecular weight excluding hydrogens is 218 g/mol. The maximum atomic E-state index is 11.6. The van der Waals surface area contributed by atoms with Gasteiger partial charge in [0, 0.05) is 6.54 Å². The van der Waals surface area contributed by atoms with E-state index in [-0.39, 0.29) is 17.7 Å². The smallest absolute Gasteiger partial charge is 0.242 e. The molecule has 5 heteroatoms. The number of carbonyl (C=O) groups is 2. The van der Waals surface area contributed by atoms with Gasteiger partial charge < -0.3 is 16.4 Å². The van der Waals surface area contributed by atoms with Gasteiger partial charge in [-0.2, -0.15) is 0 Å². The molecule has 0 aliphatic rings. The molecule has 2 atom stereocenters. The Morgan fingerprint density at radius 1 is 1.06 bits per heavy atom. The molecule has 0 aliphatic heterocycles. The molecular formula is C12H25N3O2. The van der Waals surface area contributed by atoms with Gasteiger partial charge in [-0.25, -0.2) is 0 Å². The molecule has 0 aromatic heterocycles. The molecule has 0 bridgehead atoms. The molecule has 2 amide bonds. The summed E-state index contributed by atoms with van der Waals surface area (Å²) in [6, 6.07) is -1.12. The molecule has 0 unspecified atom stereocenters. The first-order valence-corrected chi connectivity index (χ1v) is 6.09. The number of nitrogens with one attached hydrogen (secondary N) is 2. The summed E-state index contributed by atoms with van der Waals surface area (Å²) >= 11 is 0. The SMILES string of the molecule is CC(C)CNC(=O)[C@H](C)NC(=O)[C@@H](N)C(C)C. The van der Waals surface area contributed by atoms with Gasteiger partial charge >= 0.3 is 0 Å². The number of hydrogen-bond acceptors (Lipinski definition) is 3. The fraction of sp³-hybridized carbons (Fsp3) is 0.833. The molecule has 0 saturated carbocycles. The number of carbonyl (C=O) groups excluding carboxylic acids is 2. The summed E-state index contributed by atoms with van der Waals surface area (Å²) in [5, 5.41) is 5.37. The Hall–Kier alpha value is -1.10. The van der Waals surface area contributed by atoms with Crippen LogP contribution in [0.5, 0.6) is 0 Å². The Morgan fingerprint density at radius 3 is 2.00 bits per heavy atom. The number of amides is 2. The first kappa shape index (κ1) is 15.9. The summed E-state index contributed by atoms with van der Waals surface area (Å²) in [6.45, 7) is 10.0. The average molecular weight is 243 g/mol. The first-order valence-electron chi connectivity index (χ1n) is 6.09. The highest BCUT2D eigenvalue weighted by atomic mass is 16.2. The largest absolute Gasteiger partial charge is 0.354 e. The van der Waals surface area contributed by atoms with Crippen LogP contribution in [0.3, 0.4) is 0 Å². The first-order chi connectivity index (χ1) is 7.75. The van der Waals surface area contributed by atoms with Crippen molar-refractivity contribution in [2.75, 3.05) is 6.54 Å². The Balaban J connectivity index is 4.11. The zero-order chi connectivity index (χ0) is 13.6. The third-order valence-electron chi connectivity index (χ3n) is 2.46. The average Bonchev–Trinajstić information content (AvgIpc) is 2.24. The molecule has 0 saturated heterocycles. The fourth-order valence-electron chi connectivity index (χ4n) is 1.14. The van der Waals surface area contributed by atoms with Crippen LogP contribution in [0, 0.1) is 11.8 Å². The lowest BCUT2D eigenvalue weighted by Gasteiger charge is -2.19. The molecule has 17 heavy (non-hydrogen) atoms. The van der Waals surface area contributed by atoms with Crippen LogP contribution in [0.1, 0.15) is 34.6 Å². The second-order valence-electron chi connectivity index (χ2n) is 5.14. The minimum atomic E-state index is -0.574. The summed E-state index contributed by atoms with van der Waals surface area (Å²) in [5.74, 6) is -0.0177. The maximum Gasteiger partial charge on any atom is 0.242 e. The van der Waals surface area contributed by atoms with Crippen molar-refractivity contribution in [3.8, 4) is 0 Å². The van der Waals surface area contributed by atoms with Crippen molar-refractivity contribution < 1.29 is 9.59 Å². The Labute approximate surface area is 104 Å². The Morgan fingerprint density at radius 2 is 1.59 bits per heavy atom. The van der Waals surface area contributed by atoms with E-state index in [2.05, 4.69) is 10.6 Å². The summed E-state index contributed by atoms with van der Waals surface area (Å²) < 4.78 is 0. The van der Waals surface area contributed by atoms with Crippen LogP contribution in [-0.2, 0) is 9.59 Å². The predicted octanol–water partition coefficient (Wildman–Crippen LogP) is 0.247. The Kier molecular flexibility index (Phi) is 6.80. The van der Waals surface area contributed by atoms with Crippen molar-refractivity contribution in [1.82, 2.24) is 10.6 Å². The van der Waals surface area contributed by atoms with Crippen LogP contribution >= 0.6 is 0 Å². The monoisotopic (exact) mass is 243 g/mol. The van der Waals surface area contributed by atoms with E-state index in [0.29, 0.717) is 12.5 Å². The van der Waals surface area contributed by atoms with Gasteiger partial charge in [-0.3, -0.25) is 9.59 Å². The topological polar surface area (TPSA) is 84.2 Å². The molecule has 0 radical (unpaired) electrons. The van der Waals surface area contributed by atoms with Crippen molar-refractivity contribution in [2.24, 2.45) is 17.6 Å². The lowest BCUT2D eigenvalue weighted by molar-refractivity contribution is -0.129. The van der Waals surface area contributed by atoms with Gasteiger partial charge in [0.1, 0.15) is 6.04 Å². The van der Waals surface area contributed by atoms with E-state index in [0.717, 1.165) is 0 Å². The van der Waals surface area contributed by atoms with Gasteiger partial charge in [0.2, 0.25) is 11.8 Å². The van der Waals surface area contributed by atoms with Crippen molar-refractivity contribution in [3.63, 3.8) is 0 Å². The molecule has 0 spiro atoms. The molecule has 4 N–H and O–H groups in total. The maximum absolute atomic E-state index is 11.6. The van der Waals surface area contributed by atoms with Crippen LogP contribution in [0.25, 0.3) is 0 Å². The van der Waals surface area contributed by atoms with E-state index >= 15 is 0 Å². The number of nitrogens with two attached hydrogens (primary N) is 1. The molecule has 5 nitrogen and oxygen atoms in total. The molecule has 0 aromatic rings. The van der Waals surface area contributed by atoms with Gasteiger partial charge in [0.25, 0.3) is 0 Å². The molecule has 0 aromatic carbocycles. The van der Waals surface area contributed by atoms with Gasteiger partial charge in [-0.1, -0.05) is 27.7 Å². The summed E-state index contributed by atoms with van der Waals surface area (Å²) in [4.78, 5) is 23.2. The summed E-state index contributed by atoms with van der Waals surface area (Å²) in [6.07, 6.45) is 0. The van der Waals surface area contributed by atoms with Crippen molar-refractivity contribution in [3.05, 3.63) is 0 Å². The van der Waals surface area contributed by atoms with Crippen molar-refractivity contribution in [2.45, 2.75) is 46.7 Å². The predicted molar refractivity (Wildman–Crippen MR) is 68.3 cm³/mol. The number of rotatable bonds is 6. The number of hydrogen-bond donors (Lipinski definition) is 3. The molecule has 0 heterocycles. The Bertz CT molecular complexity index is 264. The molecule has 0 rings (SSSR count). The quantitative estimate of drug-likeness (QED) is 0.625. The second-order valence-corrected chi connectivity index (χ2v) is 5.14. The lowest BCUT2D eigenvalue weighted by Crippen LogP contribution is -2.52. The zero-order valence-corrected chi connectivity index (χ0v) is 11.4. The van der Waals surface area contributed by atoms with Crippen molar-refractivity contribution in [1.29, 1.82) is 0 Å². The van der Waals surface area contributed by atoms with Gasteiger partial charge in [-0.05, 0) is 18.8 Å². The van der Waals surface area contributed by atoms with E-state index in [1.54, 1.807) is 6.92 Å². The minimum Gasteiger partial charge on any atom is -0.354 e. The summed E-state index contributed by atoms with van der Waals surface area (Å²) in [7, 11) is 0. The highest BCUT2D eigenvalue weighted by Crippen LogP contribution is 1.98. The highest BCUT2D eigenvalue weighted by Gasteiger charge is 2.21. The van der Waals surface area contributed by atoms with Crippen LogP contribution < -0.4 is 16.4 Å². The standard InChI is InChI=1S/C12H25N3O2/c1-7(2)6-14-11(16)9(5)15-12(17)10(13)8(3)4/h7-10H,6,13H2,1-5H3,(H,14,16)(H,15,17)/t9-,10-/m0/s1. The van der Waals surface area contributed by atoms with Gasteiger partial charge in [0.15, 0.2) is 0 Å². The van der Waals surface area contributed by atoms with Gasteiger partial charge in [0.05, 0.1) is 6.04 Å². The molecule has 100 valence electrons. The second kappa shape index (κ2) is 7.27. The minimum absolute atomic E-state index is 0.0564. The zero-order valence-electron chi connectivity index (χ0n) is 11.4. The molecule has 0 fully saturated rings. The van der Waals surface area contributed by atoms with Gasteiger partial charge in [-0.15, -0.1) is 0 Å². The normalized spacial score (nSPS) is 14.6. The van der Waals surface area contributed by atoms with E-state index in [1.165, 1.54) is 0 Å². The third kappa shape index (κ3) is 6.26. The van der Waals surface area contributed by atoms with E-state index in [9.17, 15) is 9.59 Å². The van der Waals surface area contributed by atoms with E-state index < -0.39 is 12.1 Å². The third-order valence-corrected chi connectivity index (χ3v) is 2.46. The lowest BCUT2D eigenvalue weighted by atomic mass is 10.0. The fourth-order valence-corrected chi connectivity index (χ4v) is 1.14. The highest BCUT2D eigenvalue weighted by molar-refractivity contribution is 5.89. The van der Waals surface area contributed by atoms with Crippen LogP contribution in [0.15, 0.2) is 0 Å². The summed E-state index contributed by atoms with van der Waals surface area (Å²) in [5.41, 5.74) is 5.69. The van der Waals surface area contributed by atoms with E-state index in [4.69, 9.17) is 5.73 Å². The van der Waals surface area contributed by atoms with Crippen molar-refractivity contribution >= 4 is 11.8 Å². The van der Waals surface area contributed by atoms with Crippen LogP contribution in [0.2, 0.25) is 0 Å². The van der Waals surface area contributed by atoms with Crippen LogP contribution in [-0.4, -0.2) is 30.4 Å². The van der Waals surface area contributed by atoms with Crippen LogP contribution in [0.4, 0.5) is 0 Å². The van der Waals surface area contributed by atoms with E-state index in [1.807, 2.05) is 27.7 Å².